The minimum Gasteiger partial charge on any atom is -0.383 e. The number of carbonyl (C=O) groups excluding carboxylic acids is 1. The van der Waals surface area contributed by atoms with E-state index in [-0.39, 0.29) is 11.3 Å². The first-order chi connectivity index (χ1) is 8.04. The Kier molecular flexibility index (Phi) is 6.27. The molecule has 0 saturated carbocycles. The Morgan fingerprint density at radius 2 is 2.29 bits per heavy atom. The molecule has 94 valence electrons. The lowest BCUT2D eigenvalue weighted by molar-refractivity contribution is 0.0949. The quantitative estimate of drug-likeness (QED) is 0.836. The third kappa shape index (κ3) is 4.84. The van der Waals surface area contributed by atoms with Crippen molar-refractivity contribution < 1.29 is 9.53 Å². The molecule has 1 unspecified atom stereocenters. The van der Waals surface area contributed by atoms with Crippen LogP contribution in [0.15, 0.2) is 22.7 Å². The zero-order valence-corrected chi connectivity index (χ0v) is 12.3. The molecule has 0 saturated heterocycles. The van der Waals surface area contributed by atoms with Gasteiger partial charge < -0.3 is 10.1 Å². The van der Waals surface area contributed by atoms with Gasteiger partial charge in [0, 0.05) is 23.7 Å². The summed E-state index contributed by atoms with van der Waals surface area (Å²) in [4.78, 5) is 11.7. The lowest BCUT2D eigenvalue weighted by Crippen LogP contribution is -2.31. The van der Waals surface area contributed by atoms with Crippen LogP contribution in [0.4, 0.5) is 0 Å². The molecule has 1 amide bonds. The highest BCUT2D eigenvalue weighted by Gasteiger charge is 2.10. The van der Waals surface area contributed by atoms with Gasteiger partial charge in [0.15, 0.2) is 0 Å². The van der Waals surface area contributed by atoms with Crippen molar-refractivity contribution in [1.82, 2.24) is 5.32 Å². The van der Waals surface area contributed by atoms with Crippen LogP contribution in [-0.4, -0.2) is 31.5 Å². The number of hydrogen-bond donors (Lipinski definition) is 1. The van der Waals surface area contributed by atoms with Crippen molar-refractivity contribution >= 4 is 45.0 Å². The van der Waals surface area contributed by atoms with Gasteiger partial charge in [-0.15, -0.1) is 11.6 Å². The number of halogens is 3. The maximum atomic E-state index is 11.7. The molecule has 1 aromatic carbocycles. The lowest BCUT2D eigenvalue weighted by Gasteiger charge is -2.10. The summed E-state index contributed by atoms with van der Waals surface area (Å²) >= 11 is 15.0. The number of nitrogens with one attached hydrogen (secondary N) is 1. The molecule has 0 radical (unpaired) electrons. The maximum absolute atomic E-state index is 11.7. The first-order valence-electron chi connectivity index (χ1n) is 4.91. The predicted molar refractivity (Wildman–Crippen MR) is 73.0 cm³/mol. The van der Waals surface area contributed by atoms with Crippen molar-refractivity contribution in [3.63, 3.8) is 0 Å². The van der Waals surface area contributed by atoms with Gasteiger partial charge in [-0.3, -0.25) is 4.79 Å². The maximum Gasteiger partial charge on any atom is 0.251 e. The van der Waals surface area contributed by atoms with Gasteiger partial charge in [-0.1, -0.05) is 11.6 Å². The average Bonchev–Trinajstić information content (AvgIpc) is 2.30. The van der Waals surface area contributed by atoms with Crippen LogP contribution in [0.25, 0.3) is 0 Å². The molecule has 0 aromatic heterocycles. The Morgan fingerprint density at radius 1 is 1.59 bits per heavy atom. The van der Waals surface area contributed by atoms with Gasteiger partial charge in [0.2, 0.25) is 0 Å². The van der Waals surface area contributed by atoms with Gasteiger partial charge in [0.25, 0.3) is 5.91 Å². The summed E-state index contributed by atoms with van der Waals surface area (Å²) < 4.78 is 5.55. The molecule has 0 fully saturated rings. The molecule has 1 N–H and O–H groups in total. The second-order valence-electron chi connectivity index (χ2n) is 3.39. The number of methoxy groups -OCH3 is 1. The zero-order chi connectivity index (χ0) is 12.8. The van der Waals surface area contributed by atoms with E-state index in [9.17, 15) is 4.79 Å². The Hall–Kier alpha value is -0.290. The monoisotopic (exact) mass is 339 g/mol. The predicted octanol–water partition coefficient (Wildman–Crippen LogP) is 3.09. The first kappa shape index (κ1) is 14.8. The van der Waals surface area contributed by atoms with E-state index in [1.165, 1.54) is 0 Å². The molecular weight excluding hydrogens is 329 g/mol. The van der Waals surface area contributed by atoms with Gasteiger partial charge in [-0.05, 0) is 34.1 Å². The van der Waals surface area contributed by atoms with Crippen molar-refractivity contribution in [2.45, 2.75) is 5.38 Å². The summed E-state index contributed by atoms with van der Waals surface area (Å²) in [5.74, 6) is -0.191. The summed E-state index contributed by atoms with van der Waals surface area (Å²) in [7, 11) is 1.56. The highest BCUT2D eigenvalue weighted by atomic mass is 79.9. The topological polar surface area (TPSA) is 38.3 Å². The molecule has 1 aromatic rings. The standard InChI is InChI=1S/C11H12BrCl2NO2/c1-17-6-8(13)5-15-11(16)7-2-3-10(14)9(12)4-7/h2-4,8H,5-6H2,1H3,(H,15,16). The number of rotatable bonds is 5. The van der Waals surface area contributed by atoms with Gasteiger partial charge in [0.1, 0.15) is 0 Å². The van der Waals surface area contributed by atoms with Crippen molar-refractivity contribution in [3.8, 4) is 0 Å². The van der Waals surface area contributed by atoms with Crippen molar-refractivity contribution in [1.29, 1.82) is 0 Å². The third-order valence-electron chi connectivity index (χ3n) is 2.01. The van der Waals surface area contributed by atoms with Crippen molar-refractivity contribution in [3.05, 3.63) is 33.3 Å². The van der Waals surface area contributed by atoms with Crippen molar-refractivity contribution in [2.75, 3.05) is 20.3 Å². The normalized spacial score (nSPS) is 12.2. The molecule has 17 heavy (non-hydrogen) atoms. The number of hydrogen-bond acceptors (Lipinski definition) is 2. The van der Waals surface area contributed by atoms with Crippen LogP contribution in [0, 0.1) is 0 Å². The minimum absolute atomic E-state index is 0.191. The second kappa shape index (κ2) is 7.21. The Labute approximate surface area is 119 Å². The van der Waals surface area contributed by atoms with Crippen LogP contribution in [-0.2, 0) is 4.74 Å². The molecule has 0 heterocycles. The van der Waals surface area contributed by atoms with E-state index in [1.807, 2.05) is 0 Å². The van der Waals surface area contributed by atoms with Crippen molar-refractivity contribution in [2.24, 2.45) is 0 Å². The largest absolute Gasteiger partial charge is 0.383 e. The van der Waals surface area contributed by atoms with E-state index in [0.29, 0.717) is 28.2 Å². The number of amides is 1. The summed E-state index contributed by atoms with van der Waals surface area (Å²) in [6, 6.07) is 4.98. The Morgan fingerprint density at radius 3 is 2.88 bits per heavy atom. The fourth-order valence-electron chi connectivity index (χ4n) is 1.18. The fourth-order valence-corrected chi connectivity index (χ4v) is 1.88. The van der Waals surface area contributed by atoms with E-state index in [1.54, 1.807) is 25.3 Å². The van der Waals surface area contributed by atoms with E-state index < -0.39 is 0 Å². The highest BCUT2D eigenvalue weighted by molar-refractivity contribution is 9.10. The summed E-state index contributed by atoms with van der Waals surface area (Å²) in [6.45, 7) is 0.751. The highest BCUT2D eigenvalue weighted by Crippen LogP contribution is 2.23. The fraction of sp³-hybridized carbons (Fsp3) is 0.364. The number of carbonyl (C=O) groups is 1. The van der Waals surface area contributed by atoms with Crippen LogP contribution in [0.5, 0.6) is 0 Å². The second-order valence-corrected chi connectivity index (χ2v) is 5.27. The molecule has 0 spiro atoms. The zero-order valence-electron chi connectivity index (χ0n) is 9.17. The SMILES string of the molecule is COCC(Cl)CNC(=O)c1ccc(Cl)c(Br)c1. The number of benzene rings is 1. The van der Waals surface area contributed by atoms with E-state index in [0.717, 1.165) is 0 Å². The molecule has 1 rings (SSSR count). The van der Waals surface area contributed by atoms with Crippen LogP contribution in [0.2, 0.25) is 5.02 Å². The summed E-state index contributed by atoms with van der Waals surface area (Å²) in [6.07, 6.45) is 0. The molecular formula is C11H12BrCl2NO2. The Bertz CT molecular complexity index is 401. The first-order valence-corrected chi connectivity index (χ1v) is 6.51. The van der Waals surface area contributed by atoms with Crippen LogP contribution < -0.4 is 5.32 Å². The Balaban J connectivity index is 2.55. The van der Waals surface area contributed by atoms with Gasteiger partial charge >= 0.3 is 0 Å². The molecule has 1 atom stereocenters. The molecule has 0 aliphatic heterocycles. The van der Waals surface area contributed by atoms with Gasteiger partial charge in [-0.2, -0.15) is 0 Å². The molecule has 3 nitrogen and oxygen atoms in total. The van der Waals surface area contributed by atoms with E-state index in [4.69, 9.17) is 27.9 Å². The van der Waals surface area contributed by atoms with Gasteiger partial charge in [-0.25, -0.2) is 0 Å². The number of ether oxygens (including phenoxy) is 1. The van der Waals surface area contributed by atoms with Crippen LogP contribution in [0.3, 0.4) is 0 Å². The lowest BCUT2D eigenvalue weighted by atomic mass is 10.2. The molecule has 0 aliphatic carbocycles. The molecule has 6 heteroatoms. The van der Waals surface area contributed by atoms with E-state index >= 15 is 0 Å². The minimum atomic E-state index is -0.236. The summed E-state index contributed by atoms with van der Waals surface area (Å²) in [5.41, 5.74) is 0.530. The smallest absolute Gasteiger partial charge is 0.251 e. The third-order valence-corrected chi connectivity index (χ3v) is 3.51. The molecule has 0 aliphatic rings. The summed E-state index contributed by atoms with van der Waals surface area (Å²) in [5, 5.41) is 3.04. The number of alkyl halides is 1. The average molecular weight is 341 g/mol. The van der Waals surface area contributed by atoms with Crippen LogP contribution >= 0.6 is 39.1 Å². The molecule has 0 bridgehead atoms. The van der Waals surface area contributed by atoms with Gasteiger partial charge in [0.05, 0.1) is 17.0 Å². The van der Waals surface area contributed by atoms with E-state index in [2.05, 4.69) is 21.2 Å². The van der Waals surface area contributed by atoms with Crippen LogP contribution in [0.1, 0.15) is 10.4 Å².